The van der Waals surface area contributed by atoms with E-state index in [4.69, 9.17) is 0 Å². The summed E-state index contributed by atoms with van der Waals surface area (Å²) in [5.41, 5.74) is 0. The van der Waals surface area contributed by atoms with Crippen LogP contribution >= 0.6 is 0 Å². The van der Waals surface area contributed by atoms with Crippen molar-refractivity contribution in [2.24, 2.45) is 17.8 Å². The van der Waals surface area contributed by atoms with Gasteiger partial charge in [0.2, 0.25) is 0 Å². The van der Waals surface area contributed by atoms with Crippen LogP contribution in [0.2, 0.25) is 0 Å². The van der Waals surface area contributed by atoms with Crippen molar-refractivity contribution in [1.82, 2.24) is 0 Å². The van der Waals surface area contributed by atoms with E-state index in [1.54, 1.807) is 0 Å². The van der Waals surface area contributed by atoms with Crippen LogP contribution in [-0.2, 0) is 14.3 Å². The van der Waals surface area contributed by atoms with Crippen LogP contribution in [0.4, 0.5) is 0 Å². The van der Waals surface area contributed by atoms with Gasteiger partial charge in [-0.15, -0.1) is 0 Å². The minimum atomic E-state index is -0.295. The molecule has 0 aromatic rings. The first-order valence-electron chi connectivity index (χ1n) is 4.45. The van der Waals surface area contributed by atoms with Gasteiger partial charge in [-0.1, -0.05) is 13.3 Å². The average Bonchev–Trinajstić information content (AvgIpc) is 2.29. The molecule has 0 radical (unpaired) electrons. The molecule has 0 spiro atoms. The molecule has 2 aliphatic rings. The molecular formula is C9H12O3. The van der Waals surface area contributed by atoms with Gasteiger partial charge >= 0.3 is 11.9 Å². The lowest BCUT2D eigenvalue weighted by Gasteiger charge is -2.25. The molecule has 3 atom stereocenters. The number of carbonyl (C=O) groups is 2. The number of carbonyl (C=O) groups excluding carboxylic acids is 2. The van der Waals surface area contributed by atoms with Crippen LogP contribution in [0.3, 0.4) is 0 Å². The number of hydrogen-bond donors (Lipinski definition) is 0. The molecule has 0 aromatic carbocycles. The van der Waals surface area contributed by atoms with Crippen LogP contribution in [0.1, 0.15) is 26.2 Å². The van der Waals surface area contributed by atoms with Gasteiger partial charge in [-0.05, 0) is 18.8 Å². The monoisotopic (exact) mass is 168 g/mol. The van der Waals surface area contributed by atoms with Crippen molar-refractivity contribution in [2.45, 2.75) is 26.2 Å². The summed E-state index contributed by atoms with van der Waals surface area (Å²) in [6.07, 6.45) is 2.92. The third-order valence-electron chi connectivity index (χ3n) is 3.00. The van der Waals surface area contributed by atoms with Gasteiger partial charge in [0.05, 0.1) is 11.8 Å². The van der Waals surface area contributed by atoms with Gasteiger partial charge in [0.15, 0.2) is 0 Å². The van der Waals surface area contributed by atoms with E-state index in [0.29, 0.717) is 5.92 Å². The molecule has 2 rings (SSSR count). The Morgan fingerprint density at radius 2 is 2.00 bits per heavy atom. The van der Waals surface area contributed by atoms with Gasteiger partial charge in [0.25, 0.3) is 0 Å². The third kappa shape index (κ3) is 0.958. The molecule has 0 bridgehead atoms. The third-order valence-corrected chi connectivity index (χ3v) is 3.00. The summed E-state index contributed by atoms with van der Waals surface area (Å²) in [6.45, 7) is 2.02. The molecule has 0 N–H and O–H groups in total. The molecule has 66 valence electrons. The highest BCUT2D eigenvalue weighted by atomic mass is 16.6. The first-order valence-corrected chi connectivity index (χ1v) is 4.45. The number of rotatable bonds is 0. The van der Waals surface area contributed by atoms with Gasteiger partial charge < -0.3 is 4.74 Å². The maximum atomic E-state index is 11.2. The Balaban J connectivity index is 2.24. The van der Waals surface area contributed by atoms with Crippen LogP contribution in [0.5, 0.6) is 0 Å². The van der Waals surface area contributed by atoms with Crippen molar-refractivity contribution in [3.05, 3.63) is 0 Å². The molecule has 3 nitrogen and oxygen atoms in total. The van der Waals surface area contributed by atoms with Gasteiger partial charge in [-0.3, -0.25) is 9.59 Å². The quantitative estimate of drug-likeness (QED) is 0.402. The second-order valence-electron chi connectivity index (χ2n) is 3.78. The maximum Gasteiger partial charge on any atom is 0.317 e. The normalized spacial score (nSPS) is 40.9. The van der Waals surface area contributed by atoms with E-state index in [2.05, 4.69) is 4.74 Å². The number of cyclic esters (lactones) is 2. The van der Waals surface area contributed by atoms with Gasteiger partial charge in [-0.2, -0.15) is 0 Å². The number of ether oxygens (including phenoxy) is 1. The molecule has 2 fully saturated rings. The highest BCUT2D eigenvalue weighted by Gasteiger charge is 2.48. The van der Waals surface area contributed by atoms with E-state index in [0.717, 1.165) is 19.3 Å². The molecule has 3 heteroatoms. The summed E-state index contributed by atoms with van der Waals surface area (Å²) in [7, 11) is 0. The van der Waals surface area contributed by atoms with Crippen LogP contribution in [-0.4, -0.2) is 11.9 Å². The highest BCUT2D eigenvalue weighted by Crippen LogP contribution is 2.40. The first-order chi connectivity index (χ1) is 5.70. The number of hydrogen-bond acceptors (Lipinski definition) is 3. The Hall–Kier alpha value is -0.860. The Kier molecular flexibility index (Phi) is 1.67. The standard InChI is InChI=1S/C9H12O3/c1-5-3-2-4-6-7(5)9(11)12-8(6)10/h5-7H,2-4H2,1H3/t5?,6-,7+/m1/s1. The molecule has 0 amide bonds. The molecule has 1 heterocycles. The molecule has 1 saturated heterocycles. The zero-order valence-corrected chi connectivity index (χ0v) is 7.08. The van der Waals surface area contributed by atoms with Crippen molar-refractivity contribution in [2.75, 3.05) is 0 Å². The van der Waals surface area contributed by atoms with Crippen molar-refractivity contribution in [3.63, 3.8) is 0 Å². The smallest absolute Gasteiger partial charge is 0.317 e. The second kappa shape index (κ2) is 2.57. The lowest BCUT2D eigenvalue weighted by atomic mass is 9.74. The van der Waals surface area contributed by atoms with Crippen molar-refractivity contribution < 1.29 is 14.3 Å². The molecule has 1 unspecified atom stereocenters. The Bertz CT molecular complexity index is 234. The SMILES string of the molecule is CC1CCC[C@H]2C(=O)OC(=O)[C@@H]12. The molecular weight excluding hydrogens is 156 g/mol. The topological polar surface area (TPSA) is 43.4 Å². The van der Waals surface area contributed by atoms with E-state index in [9.17, 15) is 9.59 Å². The largest absolute Gasteiger partial charge is 0.393 e. The maximum absolute atomic E-state index is 11.2. The fraction of sp³-hybridized carbons (Fsp3) is 0.778. The summed E-state index contributed by atoms with van der Waals surface area (Å²) in [5, 5.41) is 0. The highest BCUT2D eigenvalue weighted by molar-refractivity contribution is 5.96. The van der Waals surface area contributed by atoms with E-state index >= 15 is 0 Å². The van der Waals surface area contributed by atoms with E-state index in [1.807, 2.05) is 6.92 Å². The van der Waals surface area contributed by atoms with Crippen LogP contribution < -0.4 is 0 Å². The Morgan fingerprint density at radius 3 is 2.67 bits per heavy atom. The van der Waals surface area contributed by atoms with Crippen LogP contribution in [0.25, 0.3) is 0 Å². The summed E-state index contributed by atoms with van der Waals surface area (Å²) in [6, 6.07) is 0. The second-order valence-corrected chi connectivity index (χ2v) is 3.78. The Labute approximate surface area is 71.1 Å². The summed E-state index contributed by atoms with van der Waals surface area (Å²) < 4.78 is 4.60. The first kappa shape index (κ1) is 7.77. The zero-order valence-electron chi connectivity index (χ0n) is 7.08. The molecule has 1 aliphatic heterocycles. The summed E-state index contributed by atoms with van der Waals surface area (Å²) in [4.78, 5) is 22.3. The zero-order chi connectivity index (χ0) is 8.72. The summed E-state index contributed by atoms with van der Waals surface area (Å²) in [5.74, 6) is -0.524. The minimum Gasteiger partial charge on any atom is -0.393 e. The van der Waals surface area contributed by atoms with Crippen LogP contribution in [0.15, 0.2) is 0 Å². The fourth-order valence-electron chi connectivity index (χ4n) is 2.32. The number of esters is 2. The molecule has 1 aliphatic carbocycles. The van der Waals surface area contributed by atoms with Gasteiger partial charge in [0.1, 0.15) is 0 Å². The van der Waals surface area contributed by atoms with E-state index in [1.165, 1.54) is 0 Å². The average molecular weight is 168 g/mol. The molecule has 12 heavy (non-hydrogen) atoms. The minimum absolute atomic E-state index is 0.124. The lowest BCUT2D eigenvalue weighted by molar-refractivity contribution is -0.154. The predicted octanol–water partition coefficient (Wildman–Crippen LogP) is 1.12. The Morgan fingerprint density at radius 1 is 1.25 bits per heavy atom. The van der Waals surface area contributed by atoms with Gasteiger partial charge in [-0.25, -0.2) is 0 Å². The van der Waals surface area contributed by atoms with Gasteiger partial charge in [0, 0.05) is 0 Å². The molecule has 0 aromatic heterocycles. The lowest BCUT2D eigenvalue weighted by Crippen LogP contribution is -2.28. The van der Waals surface area contributed by atoms with Crippen molar-refractivity contribution in [3.8, 4) is 0 Å². The van der Waals surface area contributed by atoms with Crippen molar-refractivity contribution in [1.29, 1.82) is 0 Å². The van der Waals surface area contributed by atoms with Crippen LogP contribution in [0, 0.1) is 17.8 Å². The van der Waals surface area contributed by atoms with E-state index < -0.39 is 0 Å². The van der Waals surface area contributed by atoms with E-state index in [-0.39, 0.29) is 23.8 Å². The summed E-state index contributed by atoms with van der Waals surface area (Å²) >= 11 is 0. The number of fused-ring (bicyclic) bond motifs is 1. The predicted molar refractivity (Wildman–Crippen MR) is 41.1 cm³/mol. The fourth-order valence-corrected chi connectivity index (χ4v) is 2.32. The van der Waals surface area contributed by atoms with Crippen molar-refractivity contribution >= 4 is 11.9 Å². The molecule has 1 saturated carbocycles.